The normalized spacial score (nSPS) is 14.5. The molecule has 38 heavy (non-hydrogen) atoms. The molecule has 0 atom stereocenters. The number of carbonyl (C=O) groups is 1. The second-order valence-corrected chi connectivity index (χ2v) is 14.1. The Hall–Kier alpha value is -2.15. The van der Waals surface area contributed by atoms with Gasteiger partial charge in [0.2, 0.25) is 10.0 Å². The number of sulfonamides is 2. The number of halogens is 2. The van der Waals surface area contributed by atoms with Crippen molar-refractivity contribution in [1.82, 2.24) is 9.29 Å². The lowest BCUT2D eigenvalue weighted by Gasteiger charge is -2.16. The molecule has 2 heterocycles. The maximum Gasteiger partial charge on any atom is 0.264 e. The standard InChI is InChI=1S/C25H25Cl2N3O5S3/c1-2-5-21(31)25-22(36-18-7-9-19(10-8-18)38(34,35)30-14-3-4-15-30)11-13-24(28-25)29-37(32,33)23-12-6-17(26)16-20(23)27/h6-13,16H,2-5,14-15H2,1H3,(H,28,29). The average molecular weight is 615 g/mol. The molecule has 13 heteroatoms. The summed E-state index contributed by atoms with van der Waals surface area (Å²) in [6, 6.07) is 13.5. The number of benzene rings is 2. The molecule has 1 aliphatic heterocycles. The largest absolute Gasteiger partial charge is 0.292 e. The van der Waals surface area contributed by atoms with Crippen molar-refractivity contribution in [3.8, 4) is 0 Å². The van der Waals surface area contributed by atoms with Gasteiger partial charge in [0.1, 0.15) is 16.4 Å². The minimum atomic E-state index is -4.10. The van der Waals surface area contributed by atoms with Gasteiger partial charge in [-0.15, -0.1) is 0 Å². The molecule has 0 amide bonds. The monoisotopic (exact) mass is 613 g/mol. The summed E-state index contributed by atoms with van der Waals surface area (Å²) in [5.41, 5.74) is 0.119. The number of pyridine rings is 1. The van der Waals surface area contributed by atoms with Crippen molar-refractivity contribution >= 4 is 66.6 Å². The second kappa shape index (κ2) is 11.9. The van der Waals surface area contributed by atoms with E-state index in [-0.39, 0.29) is 38.5 Å². The number of rotatable bonds is 10. The zero-order chi connectivity index (χ0) is 27.5. The van der Waals surface area contributed by atoms with E-state index in [0.29, 0.717) is 34.3 Å². The molecule has 2 aromatic carbocycles. The Morgan fingerprint density at radius 3 is 2.32 bits per heavy atom. The molecule has 0 saturated carbocycles. The van der Waals surface area contributed by atoms with Crippen LogP contribution in [0.15, 0.2) is 74.2 Å². The number of ketones is 1. The third-order valence-electron chi connectivity index (χ3n) is 5.78. The Bertz CT molecular complexity index is 1560. The molecule has 202 valence electrons. The minimum absolute atomic E-state index is 0.0353. The van der Waals surface area contributed by atoms with Gasteiger partial charge in [0.15, 0.2) is 5.78 Å². The maximum absolute atomic E-state index is 12.9. The van der Waals surface area contributed by atoms with Crippen molar-refractivity contribution in [3.05, 3.63) is 70.3 Å². The Morgan fingerprint density at radius 1 is 1.00 bits per heavy atom. The van der Waals surface area contributed by atoms with Gasteiger partial charge in [0, 0.05) is 34.3 Å². The van der Waals surface area contributed by atoms with E-state index in [1.54, 1.807) is 30.3 Å². The van der Waals surface area contributed by atoms with Gasteiger partial charge in [-0.3, -0.25) is 9.52 Å². The SMILES string of the molecule is CCCC(=O)c1nc(NS(=O)(=O)c2ccc(Cl)cc2Cl)ccc1Sc1ccc(S(=O)(=O)N2CCCC2)cc1. The van der Waals surface area contributed by atoms with Gasteiger partial charge in [-0.25, -0.2) is 21.8 Å². The molecule has 0 aliphatic carbocycles. The number of carbonyl (C=O) groups excluding carboxylic acids is 1. The lowest BCUT2D eigenvalue weighted by atomic mass is 10.1. The number of aromatic nitrogens is 1. The van der Waals surface area contributed by atoms with Gasteiger partial charge in [0.05, 0.1) is 9.92 Å². The van der Waals surface area contributed by atoms with Crippen LogP contribution in [-0.2, 0) is 20.0 Å². The van der Waals surface area contributed by atoms with E-state index in [4.69, 9.17) is 23.2 Å². The van der Waals surface area contributed by atoms with E-state index in [9.17, 15) is 21.6 Å². The van der Waals surface area contributed by atoms with Crippen molar-refractivity contribution in [3.63, 3.8) is 0 Å². The summed E-state index contributed by atoms with van der Waals surface area (Å²) in [4.78, 5) is 18.5. The molecule has 1 saturated heterocycles. The van der Waals surface area contributed by atoms with Gasteiger partial charge in [-0.1, -0.05) is 41.9 Å². The Morgan fingerprint density at radius 2 is 1.68 bits per heavy atom. The fraction of sp³-hybridized carbons (Fsp3) is 0.280. The number of nitrogens with zero attached hydrogens (tertiary/aromatic N) is 2. The van der Waals surface area contributed by atoms with Gasteiger partial charge in [-0.2, -0.15) is 4.31 Å². The van der Waals surface area contributed by atoms with E-state index in [2.05, 4.69) is 9.71 Å². The van der Waals surface area contributed by atoms with E-state index in [1.807, 2.05) is 6.92 Å². The minimum Gasteiger partial charge on any atom is -0.292 e. The topological polar surface area (TPSA) is 114 Å². The summed E-state index contributed by atoms with van der Waals surface area (Å²) in [7, 11) is -7.63. The van der Waals surface area contributed by atoms with Gasteiger partial charge >= 0.3 is 0 Å². The van der Waals surface area contributed by atoms with E-state index >= 15 is 0 Å². The summed E-state index contributed by atoms with van der Waals surface area (Å²) in [5, 5.41) is 0.247. The molecule has 1 aliphatic rings. The fourth-order valence-corrected chi connectivity index (χ4v) is 8.11. The summed E-state index contributed by atoms with van der Waals surface area (Å²) in [6.45, 7) is 2.90. The van der Waals surface area contributed by atoms with Crippen molar-refractivity contribution in [2.24, 2.45) is 0 Å². The van der Waals surface area contributed by atoms with Crippen LogP contribution in [-0.4, -0.2) is 45.0 Å². The van der Waals surface area contributed by atoms with Crippen LogP contribution in [0.4, 0.5) is 5.82 Å². The summed E-state index contributed by atoms with van der Waals surface area (Å²) in [6.07, 6.45) is 2.53. The van der Waals surface area contributed by atoms with Crippen LogP contribution >= 0.6 is 35.0 Å². The molecule has 4 rings (SSSR count). The van der Waals surface area contributed by atoms with Crippen molar-refractivity contribution in [2.45, 2.75) is 52.2 Å². The summed E-state index contributed by atoms with van der Waals surface area (Å²) >= 11 is 13.2. The number of hydrogen-bond acceptors (Lipinski definition) is 7. The van der Waals surface area contributed by atoms with E-state index < -0.39 is 20.0 Å². The lowest BCUT2D eigenvalue weighted by Crippen LogP contribution is -2.27. The first-order chi connectivity index (χ1) is 18.0. The number of anilines is 1. The highest BCUT2D eigenvalue weighted by atomic mass is 35.5. The van der Waals surface area contributed by atoms with Crippen LogP contribution in [0.25, 0.3) is 0 Å². The third kappa shape index (κ3) is 6.52. The first-order valence-corrected chi connectivity index (χ1v) is 16.3. The van der Waals surface area contributed by atoms with E-state index in [1.165, 1.54) is 40.3 Å². The predicted molar refractivity (Wildman–Crippen MR) is 149 cm³/mol. The van der Waals surface area contributed by atoms with Gasteiger partial charge < -0.3 is 0 Å². The molecule has 8 nitrogen and oxygen atoms in total. The molecule has 0 unspecified atom stereocenters. The quantitative estimate of drug-likeness (QED) is 0.274. The van der Waals surface area contributed by atoms with Crippen molar-refractivity contribution < 1.29 is 21.6 Å². The first kappa shape index (κ1) is 28.8. The van der Waals surface area contributed by atoms with Gasteiger partial charge in [0.25, 0.3) is 10.0 Å². The first-order valence-electron chi connectivity index (χ1n) is 11.8. The van der Waals surface area contributed by atoms with Crippen LogP contribution in [0.2, 0.25) is 10.0 Å². The summed E-state index contributed by atoms with van der Waals surface area (Å²) < 4.78 is 55.3. The highest BCUT2D eigenvalue weighted by molar-refractivity contribution is 7.99. The highest BCUT2D eigenvalue weighted by Gasteiger charge is 2.27. The number of hydrogen-bond donors (Lipinski definition) is 1. The fourth-order valence-electron chi connectivity index (χ4n) is 3.90. The third-order valence-corrected chi connectivity index (χ3v) is 10.8. The van der Waals surface area contributed by atoms with Crippen LogP contribution in [0, 0.1) is 0 Å². The molecule has 1 aromatic heterocycles. The maximum atomic E-state index is 12.9. The van der Waals surface area contributed by atoms with E-state index in [0.717, 1.165) is 12.8 Å². The average Bonchev–Trinajstić information content (AvgIpc) is 3.41. The Labute approximate surface area is 236 Å². The zero-order valence-electron chi connectivity index (χ0n) is 20.4. The molecule has 3 aromatic rings. The smallest absolute Gasteiger partial charge is 0.264 e. The molecular weight excluding hydrogens is 589 g/mol. The Balaban J connectivity index is 1.60. The van der Waals surface area contributed by atoms with Crippen LogP contribution in [0.1, 0.15) is 43.1 Å². The van der Waals surface area contributed by atoms with Gasteiger partial charge in [-0.05, 0) is 73.9 Å². The number of Topliss-reactive ketones (excluding diaryl/α,β-unsaturated/α-hetero) is 1. The lowest BCUT2D eigenvalue weighted by molar-refractivity contribution is 0.0974. The van der Waals surface area contributed by atoms with Crippen LogP contribution in [0.3, 0.4) is 0 Å². The molecule has 1 N–H and O–H groups in total. The number of nitrogens with one attached hydrogen (secondary N) is 1. The second-order valence-electron chi connectivity index (χ2n) is 8.58. The van der Waals surface area contributed by atoms with Crippen molar-refractivity contribution in [2.75, 3.05) is 17.8 Å². The summed E-state index contributed by atoms with van der Waals surface area (Å²) in [5.74, 6) is -0.277. The van der Waals surface area contributed by atoms with Crippen molar-refractivity contribution in [1.29, 1.82) is 0 Å². The van der Waals surface area contributed by atoms with Crippen LogP contribution in [0.5, 0.6) is 0 Å². The molecule has 0 radical (unpaired) electrons. The molecular formula is C25H25Cl2N3O5S3. The molecule has 0 spiro atoms. The predicted octanol–water partition coefficient (Wildman–Crippen LogP) is 6.11. The zero-order valence-corrected chi connectivity index (χ0v) is 24.3. The highest BCUT2D eigenvalue weighted by Crippen LogP contribution is 2.33. The molecule has 1 fully saturated rings. The molecule has 0 bridgehead atoms. The van der Waals surface area contributed by atoms with Crippen LogP contribution < -0.4 is 4.72 Å². The Kier molecular flexibility index (Phi) is 9.06.